The van der Waals surface area contributed by atoms with E-state index in [4.69, 9.17) is 0 Å². The van der Waals surface area contributed by atoms with Gasteiger partial charge in [0.1, 0.15) is 5.82 Å². The molecule has 0 aromatic carbocycles. The molecule has 1 heterocycles. The molecule has 1 aliphatic carbocycles. The predicted octanol–water partition coefficient (Wildman–Crippen LogP) is 1.24. The number of amides is 2. The van der Waals surface area contributed by atoms with Gasteiger partial charge in [-0.25, -0.2) is 9.78 Å². The minimum Gasteiger partial charge on any atom is -0.391 e. The summed E-state index contributed by atoms with van der Waals surface area (Å²) in [5.74, 6) is 1.70. The molecule has 118 valence electrons. The Balaban J connectivity index is 1.68. The molecule has 0 spiro atoms. The Labute approximate surface area is 126 Å². The van der Waals surface area contributed by atoms with Crippen LogP contribution in [0.25, 0.3) is 0 Å². The fourth-order valence-electron chi connectivity index (χ4n) is 2.39. The van der Waals surface area contributed by atoms with Gasteiger partial charge in [0.05, 0.1) is 6.10 Å². The zero-order valence-electron chi connectivity index (χ0n) is 13.1. The molecular formula is C15H26N4O2. The van der Waals surface area contributed by atoms with Gasteiger partial charge in [0.25, 0.3) is 0 Å². The second kappa shape index (κ2) is 6.93. The minimum absolute atomic E-state index is 0.121. The lowest BCUT2D eigenvalue weighted by molar-refractivity contribution is 0.113. The molecular weight excluding hydrogens is 268 g/mol. The standard InChI is InChI=1S/C15H26N4O2/c1-11(9-19-7-6-16-12(19)2)8-17-15(21)18(3)10-14(20)13-4-5-13/h6-7,11,13-14,20H,4-5,8-10H2,1-3H3,(H,17,21). The van der Waals surface area contributed by atoms with Crippen LogP contribution in [0, 0.1) is 18.8 Å². The van der Waals surface area contributed by atoms with E-state index in [9.17, 15) is 9.90 Å². The van der Waals surface area contributed by atoms with Crippen molar-refractivity contribution in [2.75, 3.05) is 20.1 Å². The summed E-state index contributed by atoms with van der Waals surface area (Å²) in [5, 5.41) is 12.8. The molecule has 21 heavy (non-hydrogen) atoms. The molecule has 2 atom stereocenters. The maximum absolute atomic E-state index is 12.0. The van der Waals surface area contributed by atoms with Gasteiger partial charge in [-0.3, -0.25) is 0 Å². The molecule has 1 aromatic rings. The van der Waals surface area contributed by atoms with Crippen LogP contribution in [0.2, 0.25) is 0 Å². The summed E-state index contributed by atoms with van der Waals surface area (Å²) in [5.41, 5.74) is 0. The quantitative estimate of drug-likeness (QED) is 0.795. The van der Waals surface area contributed by atoms with Gasteiger partial charge in [-0.05, 0) is 31.6 Å². The number of rotatable bonds is 7. The number of hydrogen-bond donors (Lipinski definition) is 2. The number of carbonyl (C=O) groups excluding carboxylic acids is 1. The molecule has 2 amide bonds. The molecule has 0 bridgehead atoms. The van der Waals surface area contributed by atoms with Gasteiger partial charge in [0.15, 0.2) is 0 Å². The van der Waals surface area contributed by atoms with E-state index in [1.54, 1.807) is 18.1 Å². The molecule has 1 fully saturated rings. The number of aromatic nitrogens is 2. The van der Waals surface area contributed by atoms with Gasteiger partial charge in [-0.2, -0.15) is 0 Å². The van der Waals surface area contributed by atoms with Gasteiger partial charge in [-0.1, -0.05) is 6.92 Å². The van der Waals surface area contributed by atoms with Gasteiger partial charge < -0.3 is 19.9 Å². The molecule has 6 heteroatoms. The Hall–Kier alpha value is -1.56. The fourth-order valence-corrected chi connectivity index (χ4v) is 2.39. The monoisotopic (exact) mass is 294 g/mol. The second-order valence-corrected chi connectivity index (χ2v) is 6.20. The van der Waals surface area contributed by atoms with E-state index in [1.165, 1.54) is 0 Å². The number of nitrogens with zero attached hydrogens (tertiary/aromatic N) is 3. The van der Waals surface area contributed by atoms with Crippen molar-refractivity contribution < 1.29 is 9.90 Å². The number of imidazole rings is 1. The molecule has 6 nitrogen and oxygen atoms in total. The summed E-state index contributed by atoms with van der Waals surface area (Å²) in [6.45, 7) is 5.92. The van der Waals surface area contributed by atoms with Crippen LogP contribution >= 0.6 is 0 Å². The molecule has 2 N–H and O–H groups in total. The van der Waals surface area contributed by atoms with E-state index in [0.29, 0.717) is 24.9 Å². The summed E-state index contributed by atoms with van der Waals surface area (Å²) in [7, 11) is 1.73. The average molecular weight is 294 g/mol. The van der Waals surface area contributed by atoms with Crippen molar-refractivity contribution >= 4 is 6.03 Å². The Morgan fingerprint density at radius 2 is 2.33 bits per heavy atom. The van der Waals surface area contributed by atoms with Crippen molar-refractivity contribution in [3.05, 3.63) is 18.2 Å². The third kappa shape index (κ3) is 4.74. The fraction of sp³-hybridized carbons (Fsp3) is 0.733. The molecule has 1 aromatic heterocycles. The van der Waals surface area contributed by atoms with Crippen LogP contribution in [0.5, 0.6) is 0 Å². The van der Waals surface area contributed by atoms with Crippen LogP contribution in [0.3, 0.4) is 0 Å². The Bertz CT molecular complexity index is 470. The average Bonchev–Trinajstić information content (AvgIpc) is 3.22. The number of urea groups is 1. The van der Waals surface area contributed by atoms with Crippen LogP contribution in [0.15, 0.2) is 12.4 Å². The lowest BCUT2D eigenvalue weighted by Crippen LogP contribution is -2.43. The third-order valence-corrected chi connectivity index (χ3v) is 4.01. The molecule has 0 radical (unpaired) electrons. The number of aryl methyl sites for hydroxylation is 1. The van der Waals surface area contributed by atoms with Gasteiger partial charge in [0.2, 0.25) is 0 Å². The Morgan fingerprint density at radius 1 is 1.62 bits per heavy atom. The summed E-state index contributed by atoms with van der Waals surface area (Å²) in [6.07, 6.45) is 5.52. The van der Waals surface area contributed by atoms with Crippen molar-refractivity contribution in [1.29, 1.82) is 0 Å². The van der Waals surface area contributed by atoms with Gasteiger partial charge in [0, 0.05) is 39.1 Å². The molecule has 0 saturated heterocycles. The zero-order valence-corrected chi connectivity index (χ0v) is 13.1. The van der Waals surface area contributed by atoms with Crippen LogP contribution in [0.1, 0.15) is 25.6 Å². The van der Waals surface area contributed by atoms with Crippen LogP contribution in [-0.2, 0) is 6.54 Å². The largest absolute Gasteiger partial charge is 0.391 e. The first kappa shape index (κ1) is 15.8. The number of aliphatic hydroxyl groups is 1. The summed E-state index contributed by atoms with van der Waals surface area (Å²) >= 11 is 0. The highest BCUT2D eigenvalue weighted by atomic mass is 16.3. The Morgan fingerprint density at radius 3 is 2.90 bits per heavy atom. The van der Waals surface area contributed by atoms with Crippen LogP contribution in [0.4, 0.5) is 4.79 Å². The summed E-state index contributed by atoms with van der Waals surface area (Å²) in [6, 6.07) is -0.121. The summed E-state index contributed by atoms with van der Waals surface area (Å²) < 4.78 is 2.08. The van der Waals surface area contributed by atoms with Gasteiger partial charge in [-0.15, -0.1) is 0 Å². The molecule has 0 aliphatic heterocycles. The lowest BCUT2D eigenvalue weighted by atomic mass is 10.2. The van der Waals surface area contributed by atoms with Crippen molar-refractivity contribution in [1.82, 2.24) is 19.8 Å². The SMILES string of the molecule is Cc1nccn1CC(C)CNC(=O)N(C)CC(O)C1CC1. The van der Waals surface area contributed by atoms with Crippen LogP contribution < -0.4 is 5.32 Å². The van der Waals surface area contributed by atoms with Gasteiger partial charge >= 0.3 is 6.03 Å². The molecule has 2 rings (SSSR count). The van der Waals surface area contributed by atoms with E-state index in [0.717, 1.165) is 25.2 Å². The van der Waals surface area contributed by atoms with Crippen molar-refractivity contribution in [3.63, 3.8) is 0 Å². The highest BCUT2D eigenvalue weighted by Crippen LogP contribution is 2.32. The smallest absolute Gasteiger partial charge is 0.317 e. The maximum atomic E-state index is 12.0. The molecule has 2 unspecified atom stereocenters. The first-order valence-corrected chi connectivity index (χ1v) is 7.62. The number of aliphatic hydroxyl groups excluding tert-OH is 1. The highest BCUT2D eigenvalue weighted by molar-refractivity contribution is 5.73. The van der Waals surface area contributed by atoms with E-state index in [2.05, 4.69) is 21.8 Å². The summed E-state index contributed by atoms with van der Waals surface area (Å²) in [4.78, 5) is 17.7. The maximum Gasteiger partial charge on any atom is 0.317 e. The topological polar surface area (TPSA) is 70.4 Å². The lowest BCUT2D eigenvalue weighted by Gasteiger charge is -2.22. The van der Waals surface area contributed by atoms with E-state index >= 15 is 0 Å². The van der Waals surface area contributed by atoms with Crippen LogP contribution in [-0.4, -0.2) is 51.8 Å². The van der Waals surface area contributed by atoms with E-state index < -0.39 is 0 Å². The normalized spacial score (nSPS) is 17.3. The predicted molar refractivity (Wildman–Crippen MR) is 80.9 cm³/mol. The first-order chi connectivity index (χ1) is 9.97. The zero-order chi connectivity index (χ0) is 15.4. The highest BCUT2D eigenvalue weighted by Gasteiger charge is 2.31. The number of likely N-dealkylation sites (N-methyl/N-ethyl adjacent to an activating group) is 1. The minimum atomic E-state index is -0.383. The number of hydrogen-bond acceptors (Lipinski definition) is 3. The van der Waals surface area contributed by atoms with Crippen molar-refractivity contribution in [3.8, 4) is 0 Å². The number of nitrogens with one attached hydrogen (secondary N) is 1. The Kier molecular flexibility index (Phi) is 5.22. The molecule has 1 saturated carbocycles. The van der Waals surface area contributed by atoms with E-state index in [-0.39, 0.29) is 12.1 Å². The molecule has 1 aliphatic rings. The van der Waals surface area contributed by atoms with Crippen molar-refractivity contribution in [2.45, 2.75) is 39.3 Å². The number of carbonyl (C=O) groups is 1. The first-order valence-electron chi connectivity index (χ1n) is 7.62. The third-order valence-electron chi connectivity index (χ3n) is 4.01. The second-order valence-electron chi connectivity index (χ2n) is 6.20. The van der Waals surface area contributed by atoms with E-state index in [1.807, 2.05) is 13.1 Å². The van der Waals surface area contributed by atoms with Crippen molar-refractivity contribution in [2.24, 2.45) is 11.8 Å².